The van der Waals surface area contributed by atoms with Crippen molar-refractivity contribution in [3.63, 3.8) is 0 Å². The number of benzene rings is 1. The Morgan fingerprint density at radius 2 is 2.00 bits per heavy atom. The normalized spacial score (nSPS) is 10.2. The number of nitro groups is 1. The van der Waals surface area contributed by atoms with Gasteiger partial charge in [-0.3, -0.25) is 10.1 Å². The van der Waals surface area contributed by atoms with E-state index in [0.29, 0.717) is 5.75 Å². The second-order valence-corrected chi connectivity index (χ2v) is 4.72. The monoisotopic (exact) mass is 339 g/mol. The minimum atomic E-state index is -0.637. The Bertz CT molecular complexity index is 663. The number of rotatable bonds is 4. The molecule has 7 nitrogen and oxygen atoms in total. The molecule has 8 heteroatoms. The van der Waals surface area contributed by atoms with Crippen molar-refractivity contribution in [2.24, 2.45) is 0 Å². The Kier molecular flexibility index (Phi) is 4.14. The van der Waals surface area contributed by atoms with Crippen LogP contribution in [0.4, 0.5) is 5.69 Å². The van der Waals surface area contributed by atoms with Gasteiger partial charge in [0.1, 0.15) is 12.1 Å². The first-order valence-corrected chi connectivity index (χ1v) is 6.29. The maximum Gasteiger partial charge on any atom is 0.392 e. The van der Waals surface area contributed by atoms with E-state index in [1.807, 2.05) is 13.0 Å². The van der Waals surface area contributed by atoms with Crippen LogP contribution in [0.5, 0.6) is 17.5 Å². The highest BCUT2D eigenvalue weighted by atomic mass is 79.9. The van der Waals surface area contributed by atoms with Gasteiger partial charge in [0.05, 0.1) is 12.0 Å². The zero-order chi connectivity index (χ0) is 14.7. The highest BCUT2D eigenvalue weighted by molar-refractivity contribution is 9.10. The minimum absolute atomic E-state index is 0.144. The van der Waals surface area contributed by atoms with Crippen LogP contribution in [0.3, 0.4) is 0 Å². The van der Waals surface area contributed by atoms with E-state index in [9.17, 15) is 10.1 Å². The summed E-state index contributed by atoms with van der Waals surface area (Å²) in [5.74, 6) is 0.166. The van der Waals surface area contributed by atoms with Gasteiger partial charge in [0.2, 0.25) is 0 Å². The lowest BCUT2D eigenvalue weighted by Gasteiger charge is -2.09. The second kappa shape index (κ2) is 5.83. The third-order valence-electron chi connectivity index (χ3n) is 2.47. The highest BCUT2D eigenvalue weighted by Crippen LogP contribution is 2.36. The molecule has 0 N–H and O–H groups in total. The quantitative estimate of drug-likeness (QED) is 0.627. The maximum atomic E-state index is 11.1. The lowest BCUT2D eigenvalue weighted by molar-refractivity contribution is -0.387. The van der Waals surface area contributed by atoms with Crippen molar-refractivity contribution < 1.29 is 14.4 Å². The SMILES string of the molecule is COc1ncnc(Oc2ccc(Br)cc2C)c1[N+](=O)[O-]. The number of methoxy groups -OCH3 is 1. The van der Waals surface area contributed by atoms with Gasteiger partial charge in [-0.05, 0) is 30.7 Å². The maximum absolute atomic E-state index is 11.1. The van der Waals surface area contributed by atoms with E-state index in [0.717, 1.165) is 16.4 Å². The molecule has 104 valence electrons. The second-order valence-electron chi connectivity index (χ2n) is 3.81. The first-order chi connectivity index (χ1) is 9.52. The van der Waals surface area contributed by atoms with Gasteiger partial charge in [-0.15, -0.1) is 0 Å². The molecule has 2 aromatic rings. The van der Waals surface area contributed by atoms with Gasteiger partial charge in [-0.2, -0.15) is 9.97 Å². The molecule has 0 spiro atoms. The van der Waals surface area contributed by atoms with E-state index in [1.54, 1.807) is 12.1 Å². The zero-order valence-corrected chi connectivity index (χ0v) is 12.2. The predicted octanol–water partition coefficient (Wildman–Crippen LogP) is 3.26. The molecule has 0 radical (unpaired) electrons. The van der Waals surface area contributed by atoms with Crippen LogP contribution in [-0.4, -0.2) is 22.0 Å². The van der Waals surface area contributed by atoms with Gasteiger partial charge in [0.25, 0.3) is 0 Å². The number of hydrogen-bond acceptors (Lipinski definition) is 6. The fourth-order valence-corrected chi connectivity index (χ4v) is 2.03. The van der Waals surface area contributed by atoms with Gasteiger partial charge in [0, 0.05) is 4.47 Å². The first-order valence-electron chi connectivity index (χ1n) is 5.50. The fourth-order valence-electron chi connectivity index (χ4n) is 1.56. The molecule has 0 aliphatic rings. The standard InChI is InChI=1S/C12H10BrN3O4/c1-7-5-8(13)3-4-9(7)20-12-10(16(17)18)11(19-2)14-6-15-12/h3-6H,1-2H3. The molecule has 0 atom stereocenters. The Balaban J connectivity index is 2.45. The van der Waals surface area contributed by atoms with Crippen molar-refractivity contribution in [2.75, 3.05) is 7.11 Å². The van der Waals surface area contributed by atoms with E-state index >= 15 is 0 Å². The lowest BCUT2D eigenvalue weighted by atomic mass is 10.2. The summed E-state index contributed by atoms with van der Waals surface area (Å²) >= 11 is 3.33. The third kappa shape index (κ3) is 2.85. The van der Waals surface area contributed by atoms with Gasteiger partial charge in [0.15, 0.2) is 0 Å². The molecule has 0 aliphatic heterocycles. The van der Waals surface area contributed by atoms with E-state index in [4.69, 9.17) is 9.47 Å². The third-order valence-corrected chi connectivity index (χ3v) is 2.97. The van der Waals surface area contributed by atoms with E-state index in [1.165, 1.54) is 7.11 Å². The van der Waals surface area contributed by atoms with Crippen molar-refractivity contribution in [1.82, 2.24) is 9.97 Å². The Labute approximate surface area is 122 Å². The summed E-state index contributed by atoms with van der Waals surface area (Å²) < 4.78 is 11.2. The molecule has 0 aliphatic carbocycles. The lowest BCUT2D eigenvalue weighted by Crippen LogP contribution is -2.01. The fraction of sp³-hybridized carbons (Fsp3) is 0.167. The van der Waals surface area contributed by atoms with Crippen LogP contribution in [0, 0.1) is 17.0 Å². The molecule has 0 fully saturated rings. The zero-order valence-electron chi connectivity index (χ0n) is 10.7. The first kappa shape index (κ1) is 14.2. The van der Waals surface area contributed by atoms with E-state index in [-0.39, 0.29) is 11.8 Å². The molecule has 0 saturated heterocycles. The van der Waals surface area contributed by atoms with Crippen molar-refractivity contribution in [1.29, 1.82) is 0 Å². The summed E-state index contributed by atoms with van der Waals surface area (Å²) in [5.41, 5.74) is 0.406. The summed E-state index contributed by atoms with van der Waals surface area (Å²) in [7, 11) is 1.30. The molecule has 1 aromatic heterocycles. The number of nitrogens with zero attached hydrogens (tertiary/aromatic N) is 3. The number of aromatic nitrogens is 2. The Hall–Kier alpha value is -2.22. The van der Waals surface area contributed by atoms with Crippen LogP contribution in [-0.2, 0) is 0 Å². The summed E-state index contributed by atoms with van der Waals surface area (Å²) in [4.78, 5) is 17.9. The van der Waals surface area contributed by atoms with Crippen LogP contribution < -0.4 is 9.47 Å². The molecule has 1 heterocycles. The van der Waals surface area contributed by atoms with Crippen molar-refractivity contribution in [3.05, 3.63) is 44.7 Å². The molecule has 0 saturated carbocycles. The van der Waals surface area contributed by atoms with Crippen molar-refractivity contribution in [2.45, 2.75) is 6.92 Å². The van der Waals surface area contributed by atoms with Crippen LogP contribution in [0.1, 0.15) is 5.56 Å². The van der Waals surface area contributed by atoms with Crippen LogP contribution in [0.25, 0.3) is 0 Å². The smallest absolute Gasteiger partial charge is 0.392 e. The van der Waals surface area contributed by atoms with Crippen LogP contribution in [0.2, 0.25) is 0 Å². The molecular formula is C12H10BrN3O4. The molecule has 0 amide bonds. The average Bonchev–Trinajstić information content (AvgIpc) is 2.41. The number of aryl methyl sites for hydroxylation is 1. The molecule has 2 rings (SSSR count). The molecule has 20 heavy (non-hydrogen) atoms. The van der Waals surface area contributed by atoms with Crippen molar-refractivity contribution in [3.8, 4) is 17.5 Å². The van der Waals surface area contributed by atoms with Crippen molar-refractivity contribution >= 4 is 21.6 Å². The summed E-state index contributed by atoms with van der Waals surface area (Å²) in [5, 5.41) is 11.1. The molecule has 1 aromatic carbocycles. The number of halogens is 1. The van der Waals surface area contributed by atoms with Crippen LogP contribution >= 0.6 is 15.9 Å². The summed E-state index contributed by atoms with van der Waals surface area (Å²) in [6, 6.07) is 5.30. The topological polar surface area (TPSA) is 87.4 Å². The Morgan fingerprint density at radius 1 is 1.30 bits per heavy atom. The van der Waals surface area contributed by atoms with E-state index in [2.05, 4.69) is 25.9 Å². The number of hydrogen-bond donors (Lipinski definition) is 0. The summed E-state index contributed by atoms with van der Waals surface area (Å²) in [6.45, 7) is 1.82. The molecule has 0 unspecified atom stereocenters. The van der Waals surface area contributed by atoms with Gasteiger partial charge in [-0.1, -0.05) is 15.9 Å². The minimum Gasteiger partial charge on any atom is -0.476 e. The van der Waals surface area contributed by atoms with Crippen LogP contribution in [0.15, 0.2) is 29.0 Å². The summed E-state index contributed by atoms with van der Waals surface area (Å²) in [6.07, 6.45) is 1.15. The molecule has 0 bridgehead atoms. The average molecular weight is 340 g/mol. The van der Waals surface area contributed by atoms with Gasteiger partial charge in [-0.25, -0.2) is 0 Å². The van der Waals surface area contributed by atoms with Gasteiger partial charge < -0.3 is 9.47 Å². The predicted molar refractivity (Wildman–Crippen MR) is 74.2 cm³/mol. The number of ether oxygens (including phenoxy) is 2. The highest BCUT2D eigenvalue weighted by Gasteiger charge is 2.26. The Morgan fingerprint density at radius 3 is 2.60 bits per heavy atom. The van der Waals surface area contributed by atoms with Gasteiger partial charge >= 0.3 is 17.4 Å². The van der Waals surface area contributed by atoms with E-state index < -0.39 is 10.6 Å². The largest absolute Gasteiger partial charge is 0.476 e. The molecular weight excluding hydrogens is 330 g/mol.